The van der Waals surface area contributed by atoms with Crippen molar-refractivity contribution in [1.82, 2.24) is 5.32 Å². The highest BCUT2D eigenvalue weighted by Crippen LogP contribution is 2.35. The lowest BCUT2D eigenvalue weighted by molar-refractivity contribution is -0.274. The first-order chi connectivity index (χ1) is 9.48. The number of alkyl halides is 3. The summed E-state index contributed by atoms with van der Waals surface area (Å²) in [6.07, 6.45) is 1.68. The molecule has 1 aromatic carbocycles. The Morgan fingerprint density at radius 3 is 2.40 bits per heavy atom. The fraction of sp³-hybridized carbons (Fsp3) is 0.467. The molecule has 0 heterocycles. The molecule has 1 aliphatic rings. The fourth-order valence-corrected chi connectivity index (χ4v) is 2.41. The van der Waals surface area contributed by atoms with Gasteiger partial charge in [0.1, 0.15) is 5.75 Å². The average molecular weight is 285 g/mol. The topological polar surface area (TPSA) is 21.3 Å². The Morgan fingerprint density at radius 2 is 1.95 bits per heavy atom. The minimum Gasteiger partial charge on any atom is -0.406 e. The summed E-state index contributed by atoms with van der Waals surface area (Å²) in [5, 5.41) is 3.17. The molecule has 1 unspecified atom stereocenters. The molecule has 2 nitrogen and oxygen atoms in total. The zero-order valence-corrected chi connectivity index (χ0v) is 11.1. The van der Waals surface area contributed by atoms with E-state index in [1.54, 1.807) is 18.3 Å². The number of benzene rings is 1. The lowest BCUT2D eigenvalue weighted by Crippen LogP contribution is -2.22. The van der Waals surface area contributed by atoms with E-state index in [-0.39, 0.29) is 11.8 Å². The van der Waals surface area contributed by atoms with Crippen molar-refractivity contribution in [3.8, 4) is 5.75 Å². The summed E-state index contributed by atoms with van der Waals surface area (Å²) < 4.78 is 40.2. The summed E-state index contributed by atoms with van der Waals surface area (Å²) in [6, 6.07) is 6.13. The molecule has 0 aromatic heterocycles. The standard InChI is InChI=1S/C15H18F3NO/c1-2-19-14(10-11-4-3-5-11)12-6-8-13(9-7-12)20-15(16,17)18/h2,6-9,11,14,19H,1,3-5,10H2. The Labute approximate surface area is 116 Å². The highest BCUT2D eigenvalue weighted by molar-refractivity contribution is 5.29. The van der Waals surface area contributed by atoms with E-state index in [9.17, 15) is 13.2 Å². The summed E-state index contributed by atoms with van der Waals surface area (Å²) in [6.45, 7) is 3.66. The van der Waals surface area contributed by atoms with E-state index < -0.39 is 6.36 Å². The van der Waals surface area contributed by atoms with Crippen molar-refractivity contribution in [3.63, 3.8) is 0 Å². The van der Waals surface area contributed by atoms with Crippen LogP contribution in [0.5, 0.6) is 5.75 Å². The number of rotatable bonds is 6. The largest absolute Gasteiger partial charge is 0.573 e. The molecule has 0 spiro atoms. The van der Waals surface area contributed by atoms with Crippen LogP contribution in [0.1, 0.15) is 37.3 Å². The van der Waals surface area contributed by atoms with Crippen LogP contribution in [0.2, 0.25) is 0 Å². The third kappa shape index (κ3) is 4.18. The van der Waals surface area contributed by atoms with Crippen LogP contribution in [0, 0.1) is 5.92 Å². The van der Waals surface area contributed by atoms with Gasteiger partial charge < -0.3 is 10.1 Å². The average Bonchev–Trinajstić information content (AvgIpc) is 2.31. The first-order valence-electron chi connectivity index (χ1n) is 6.70. The van der Waals surface area contributed by atoms with Gasteiger partial charge in [0, 0.05) is 0 Å². The summed E-state index contributed by atoms with van der Waals surface area (Å²) in [7, 11) is 0. The van der Waals surface area contributed by atoms with Crippen molar-refractivity contribution in [3.05, 3.63) is 42.6 Å². The van der Waals surface area contributed by atoms with Gasteiger partial charge in [-0.05, 0) is 36.2 Å². The van der Waals surface area contributed by atoms with E-state index in [1.165, 1.54) is 31.4 Å². The van der Waals surface area contributed by atoms with Crippen LogP contribution in [-0.4, -0.2) is 6.36 Å². The van der Waals surface area contributed by atoms with Gasteiger partial charge in [0.15, 0.2) is 0 Å². The molecular weight excluding hydrogens is 267 g/mol. The minimum atomic E-state index is -4.65. The molecule has 1 aliphatic carbocycles. The van der Waals surface area contributed by atoms with Crippen LogP contribution in [0.3, 0.4) is 0 Å². The summed E-state index contributed by atoms with van der Waals surface area (Å²) >= 11 is 0. The van der Waals surface area contributed by atoms with Crippen molar-refractivity contribution in [2.24, 2.45) is 5.92 Å². The number of ether oxygens (including phenoxy) is 1. The van der Waals surface area contributed by atoms with Crippen LogP contribution in [0.25, 0.3) is 0 Å². The maximum atomic E-state index is 12.1. The molecular formula is C15H18F3NO. The van der Waals surface area contributed by atoms with E-state index in [0.717, 1.165) is 12.0 Å². The molecule has 5 heteroatoms. The number of hydrogen-bond donors (Lipinski definition) is 1. The third-order valence-corrected chi connectivity index (χ3v) is 3.63. The Bertz CT molecular complexity index is 437. The number of nitrogens with one attached hydrogen (secondary N) is 1. The smallest absolute Gasteiger partial charge is 0.406 e. The molecule has 1 fully saturated rings. The first-order valence-corrected chi connectivity index (χ1v) is 6.70. The first kappa shape index (κ1) is 14.8. The molecule has 0 bridgehead atoms. The molecule has 20 heavy (non-hydrogen) atoms. The summed E-state index contributed by atoms with van der Waals surface area (Å²) in [5.41, 5.74) is 0.950. The van der Waals surface area contributed by atoms with Gasteiger partial charge in [-0.15, -0.1) is 13.2 Å². The van der Waals surface area contributed by atoms with Gasteiger partial charge in [-0.3, -0.25) is 0 Å². The van der Waals surface area contributed by atoms with Crippen LogP contribution >= 0.6 is 0 Å². The molecule has 0 amide bonds. The highest BCUT2D eigenvalue weighted by Gasteiger charge is 2.31. The Hall–Kier alpha value is -1.65. The summed E-state index contributed by atoms with van der Waals surface area (Å²) in [4.78, 5) is 0. The van der Waals surface area contributed by atoms with E-state index in [2.05, 4.69) is 16.6 Å². The van der Waals surface area contributed by atoms with E-state index in [0.29, 0.717) is 5.92 Å². The van der Waals surface area contributed by atoms with Gasteiger partial charge in [0.05, 0.1) is 6.04 Å². The fourth-order valence-electron chi connectivity index (χ4n) is 2.41. The summed E-state index contributed by atoms with van der Waals surface area (Å²) in [5.74, 6) is 0.501. The Balaban J connectivity index is 2.02. The van der Waals surface area contributed by atoms with Crippen LogP contribution < -0.4 is 10.1 Å². The maximum absolute atomic E-state index is 12.1. The van der Waals surface area contributed by atoms with Crippen molar-refractivity contribution < 1.29 is 17.9 Å². The monoisotopic (exact) mass is 285 g/mol. The van der Waals surface area contributed by atoms with Gasteiger partial charge in [0.2, 0.25) is 0 Å². The second kappa shape index (κ2) is 6.20. The van der Waals surface area contributed by atoms with Crippen molar-refractivity contribution >= 4 is 0 Å². The van der Waals surface area contributed by atoms with E-state index in [1.807, 2.05) is 0 Å². The van der Waals surface area contributed by atoms with Crippen LogP contribution in [0.15, 0.2) is 37.0 Å². The van der Waals surface area contributed by atoms with Gasteiger partial charge in [-0.25, -0.2) is 0 Å². The van der Waals surface area contributed by atoms with Crippen molar-refractivity contribution in [2.75, 3.05) is 0 Å². The molecule has 1 atom stereocenters. The van der Waals surface area contributed by atoms with Gasteiger partial charge in [0.25, 0.3) is 0 Å². The maximum Gasteiger partial charge on any atom is 0.573 e. The zero-order valence-electron chi connectivity index (χ0n) is 11.1. The SMILES string of the molecule is C=CNC(CC1CCC1)c1ccc(OC(F)(F)F)cc1. The van der Waals surface area contributed by atoms with E-state index >= 15 is 0 Å². The second-order valence-electron chi connectivity index (χ2n) is 5.07. The molecule has 110 valence electrons. The predicted octanol–water partition coefficient (Wildman–Crippen LogP) is 4.55. The Kier molecular flexibility index (Phi) is 4.57. The van der Waals surface area contributed by atoms with Crippen LogP contribution in [-0.2, 0) is 0 Å². The normalized spacial score (nSPS) is 17.1. The van der Waals surface area contributed by atoms with E-state index in [4.69, 9.17) is 0 Å². The molecule has 1 saturated carbocycles. The molecule has 0 aliphatic heterocycles. The molecule has 0 saturated heterocycles. The zero-order chi connectivity index (χ0) is 14.6. The lowest BCUT2D eigenvalue weighted by Gasteiger charge is -2.30. The third-order valence-electron chi connectivity index (χ3n) is 3.63. The molecule has 2 rings (SSSR count). The highest BCUT2D eigenvalue weighted by atomic mass is 19.4. The van der Waals surface area contributed by atoms with Crippen molar-refractivity contribution in [2.45, 2.75) is 38.1 Å². The van der Waals surface area contributed by atoms with Gasteiger partial charge in [-0.2, -0.15) is 0 Å². The number of hydrogen-bond acceptors (Lipinski definition) is 2. The number of halogens is 3. The lowest BCUT2D eigenvalue weighted by atomic mass is 9.79. The van der Waals surface area contributed by atoms with Gasteiger partial charge in [-0.1, -0.05) is 38.0 Å². The molecule has 0 radical (unpaired) electrons. The predicted molar refractivity (Wildman–Crippen MR) is 71.2 cm³/mol. The molecule has 1 N–H and O–H groups in total. The quantitative estimate of drug-likeness (QED) is 0.828. The Morgan fingerprint density at radius 1 is 1.30 bits per heavy atom. The second-order valence-corrected chi connectivity index (χ2v) is 5.07. The molecule has 1 aromatic rings. The van der Waals surface area contributed by atoms with Crippen LogP contribution in [0.4, 0.5) is 13.2 Å². The van der Waals surface area contributed by atoms with Crippen molar-refractivity contribution in [1.29, 1.82) is 0 Å². The van der Waals surface area contributed by atoms with Gasteiger partial charge >= 0.3 is 6.36 Å². The minimum absolute atomic E-state index is 0.0951.